The normalized spacial score (nSPS) is 19.8. The van der Waals surface area contributed by atoms with Crippen LogP contribution in [0.2, 0.25) is 0 Å². The Hall–Kier alpha value is -1.21. The fourth-order valence-electron chi connectivity index (χ4n) is 2.77. The summed E-state index contributed by atoms with van der Waals surface area (Å²) in [5.74, 6) is 0. The van der Waals surface area contributed by atoms with Crippen LogP contribution in [0.25, 0.3) is 10.9 Å². The fraction of sp³-hybridized carbons (Fsp3) is 0.400. The first-order chi connectivity index (χ1) is 10.00. The number of rotatable bonds is 2. The van der Waals surface area contributed by atoms with Gasteiger partial charge in [-0.2, -0.15) is 4.31 Å². The maximum absolute atomic E-state index is 12.9. The molecule has 1 atom stereocenters. The van der Waals surface area contributed by atoms with E-state index in [-0.39, 0.29) is 18.4 Å². The summed E-state index contributed by atoms with van der Waals surface area (Å²) in [5, 5.41) is 3.96. The van der Waals surface area contributed by atoms with Gasteiger partial charge < -0.3 is 5.32 Å². The second-order valence-corrected chi connectivity index (χ2v) is 7.40. The molecule has 2 aromatic rings. The van der Waals surface area contributed by atoms with Crippen molar-refractivity contribution in [3.05, 3.63) is 36.0 Å². The first-order valence-corrected chi connectivity index (χ1v) is 8.52. The van der Waals surface area contributed by atoms with Crippen LogP contribution in [-0.2, 0) is 10.0 Å². The Bertz CT molecular complexity index is 779. The molecule has 7 heteroatoms. The van der Waals surface area contributed by atoms with Gasteiger partial charge in [-0.3, -0.25) is 4.98 Å². The summed E-state index contributed by atoms with van der Waals surface area (Å²) in [7, 11) is -3.48. The molecule has 2 heterocycles. The largest absolute Gasteiger partial charge is 0.312 e. The van der Waals surface area contributed by atoms with Crippen LogP contribution in [0.15, 0.2) is 35.4 Å². The number of aryl methyl sites for hydroxylation is 1. The minimum atomic E-state index is -3.48. The Kier molecular flexibility index (Phi) is 5.07. The van der Waals surface area contributed by atoms with Gasteiger partial charge in [0.15, 0.2) is 0 Å². The van der Waals surface area contributed by atoms with E-state index in [9.17, 15) is 8.42 Å². The molecule has 1 saturated heterocycles. The number of hydrogen-bond acceptors (Lipinski definition) is 4. The van der Waals surface area contributed by atoms with E-state index in [0.29, 0.717) is 29.9 Å². The third kappa shape index (κ3) is 2.96. The van der Waals surface area contributed by atoms with E-state index in [2.05, 4.69) is 10.3 Å². The van der Waals surface area contributed by atoms with E-state index in [1.165, 1.54) is 0 Å². The van der Waals surface area contributed by atoms with Gasteiger partial charge in [0.1, 0.15) is 0 Å². The van der Waals surface area contributed by atoms with E-state index in [0.717, 1.165) is 11.1 Å². The molecule has 0 spiro atoms. The summed E-state index contributed by atoms with van der Waals surface area (Å²) in [5.41, 5.74) is 1.74. The Morgan fingerprint density at radius 3 is 2.82 bits per heavy atom. The van der Waals surface area contributed by atoms with Gasteiger partial charge in [0.25, 0.3) is 0 Å². The maximum atomic E-state index is 12.9. The summed E-state index contributed by atoms with van der Waals surface area (Å²) < 4.78 is 27.4. The summed E-state index contributed by atoms with van der Waals surface area (Å²) in [4.78, 5) is 4.67. The molecule has 3 rings (SSSR count). The summed E-state index contributed by atoms with van der Waals surface area (Å²) >= 11 is 0. The summed E-state index contributed by atoms with van der Waals surface area (Å²) in [6, 6.07) is 7.30. The molecule has 1 aliphatic rings. The molecule has 1 aliphatic heterocycles. The average Bonchev–Trinajstić information content (AvgIpc) is 2.47. The van der Waals surface area contributed by atoms with Crippen LogP contribution < -0.4 is 5.32 Å². The second-order valence-electron chi connectivity index (χ2n) is 5.50. The quantitative estimate of drug-likeness (QED) is 0.907. The van der Waals surface area contributed by atoms with Crippen LogP contribution in [0.5, 0.6) is 0 Å². The smallest absolute Gasteiger partial charge is 0.243 e. The van der Waals surface area contributed by atoms with Gasteiger partial charge in [-0.25, -0.2) is 8.42 Å². The van der Waals surface area contributed by atoms with E-state index < -0.39 is 10.0 Å². The number of hydrogen-bond donors (Lipinski definition) is 1. The van der Waals surface area contributed by atoms with Crippen molar-refractivity contribution in [1.29, 1.82) is 0 Å². The Labute approximate surface area is 137 Å². The van der Waals surface area contributed by atoms with Crippen molar-refractivity contribution < 1.29 is 8.42 Å². The van der Waals surface area contributed by atoms with Crippen molar-refractivity contribution in [2.45, 2.75) is 24.8 Å². The number of nitrogens with one attached hydrogen (secondary N) is 1. The highest BCUT2D eigenvalue weighted by atomic mass is 35.5. The van der Waals surface area contributed by atoms with Crippen LogP contribution in [0.4, 0.5) is 0 Å². The van der Waals surface area contributed by atoms with E-state index in [1.807, 2.05) is 26.0 Å². The Balaban J connectivity index is 0.00000176. The predicted octanol–water partition coefficient (Wildman–Crippen LogP) is 1.95. The van der Waals surface area contributed by atoms with Crippen LogP contribution >= 0.6 is 12.4 Å². The summed E-state index contributed by atoms with van der Waals surface area (Å²) in [6.45, 7) is 5.62. The maximum Gasteiger partial charge on any atom is 0.243 e. The van der Waals surface area contributed by atoms with Gasteiger partial charge in [-0.1, -0.05) is 6.07 Å². The van der Waals surface area contributed by atoms with Gasteiger partial charge in [0.05, 0.1) is 10.4 Å². The first kappa shape index (κ1) is 17.1. The van der Waals surface area contributed by atoms with Crippen LogP contribution in [-0.4, -0.2) is 43.4 Å². The highest BCUT2D eigenvalue weighted by Crippen LogP contribution is 2.27. The Morgan fingerprint density at radius 2 is 2.09 bits per heavy atom. The van der Waals surface area contributed by atoms with Crippen molar-refractivity contribution in [2.75, 3.05) is 19.6 Å². The molecule has 22 heavy (non-hydrogen) atoms. The fourth-order valence-corrected chi connectivity index (χ4v) is 4.48. The zero-order valence-electron chi connectivity index (χ0n) is 12.6. The third-order valence-electron chi connectivity index (χ3n) is 3.88. The molecular weight excluding hydrogens is 322 g/mol. The molecule has 1 fully saturated rings. The predicted molar refractivity (Wildman–Crippen MR) is 90.0 cm³/mol. The van der Waals surface area contributed by atoms with E-state index in [4.69, 9.17) is 0 Å². The molecular formula is C15H20ClN3O2S. The second kappa shape index (κ2) is 6.50. The molecule has 0 radical (unpaired) electrons. The lowest BCUT2D eigenvalue weighted by atomic mass is 10.1. The molecule has 5 nitrogen and oxygen atoms in total. The van der Waals surface area contributed by atoms with E-state index >= 15 is 0 Å². The molecule has 120 valence electrons. The zero-order chi connectivity index (χ0) is 15.0. The van der Waals surface area contributed by atoms with Gasteiger partial charge in [-0.05, 0) is 37.6 Å². The number of nitrogens with zero attached hydrogens (tertiary/aromatic N) is 2. The average molecular weight is 342 g/mol. The minimum Gasteiger partial charge on any atom is -0.312 e. The SMILES string of the molecule is Cc1ccc(S(=O)(=O)N2CCNC(C)C2)c2cccnc12.Cl. The molecule has 1 unspecified atom stereocenters. The number of fused-ring (bicyclic) bond motifs is 1. The van der Waals surface area contributed by atoms with Gasteiger partial charge >= 0.3 is 0 Å². The zero-order valence-corrected chi connectivity index (χ0v) is 14.2. The third-order valence-corrected chi connectivity index (χ3v) is 5.80. The van der Waals surface area contributed by atoms with Gasteiger partial charge in [0, 0.05) is 37.3 Å². The molecule has 0 bridgehead atoms. The van der Waals surface area contributed by atoms with Crippen molar-refractivity contribution in [2.24, 2.45) is 0 Å². The van der Waals surface area contributed by atoms with Crippen molar-refractivity contribution in [1.82, 2.24) is 14.6 Å². The number of pyridine rings is 1. The number of aromatic nitrogens is 1. The standard InChI is InChI=1S/C15H19N3O2S.ClH/c1-11-5-6-14(13-4-3-7-17-15(11)13)21(19,20)18-9-8-16-12(2)10-18;/h3-7,12,16H,8-10H2,1-2H3;1H. The lowest BCUT2D eigenvalue weighted by molar-refractivity contribution is 0.310. The van der Waals surface area contributed by atoms with Crippen molar-refractivity contribution >= 4 is 33.3 Å². The number of piperazine rings is 1. The lowest BCUT2D eigenvalue weighted by Gasteiger charge is -2.31. The summed E-state index contributed by atoms with van der Waals surface area (Å²) in [6.07, 6.45) is 1.69. The number of halogens is 1. The number of benzene rings is 1. The monoisotopic (exact) mass is 341 g/mol. The van der Waals surface area contributed by atoms with E-state index in [1.54, 1.807) is 22.6 Å². The van der Waals surface area contributed by atoms with Crippen LogP contribution in [0, 0.1) is 6.92 Å². The van der Waals surface area contributed by atoms with Crippen LogP contribution in [0.3, 0.4) is 0 Å². The molecule has 1 aromatic heterocycles. The van der Waals surface area contributed by atoms with Gasteiger partial charge in [-0.15, -0.1) is 12.4 Å². The molecule has 0 aliphatic carbocycles. The molecule has 0 amide bonds. The molecule has 1 aromatic carbocycles. The minimum absolute atomic E-state index is 0. The van der Waals surface area contributed by atoms with Crippen LogP contribution in [0.1, 0.15) is 12.5 Å². The van der Waals surface area contributed by atoms with Crippen molar-refractivity contribution in [3.63, 3.8) is 0 Å². The number of sulfonamides is 1. The molecule has 1 N–H and O–H groups in total. The van der Waals surface area contributed by atoms with Crippen molar-refractivity contribution in [3.8, 4) is 0 Å². The molecule has 0 saturated carbocycles. The highest BCUT2D eigenvalue weighted by Gasteiger charge is 2.29. The first-order valence-electron chi connectivity index (χ1n) is 7.08. The lowest BCUT2D eigenvalue weighted by Crippen LogP contribution is -2.51. The van der Waals surface area contributed by atoms with Gasteiger partial charge in [0.2, 0.25) is 10.0 Å². The highest BCUT2D eigenvalue weighted by molar-refractivity contribution is 7.89. The Morgan fingerprint density at radius 1 is 1.32 bits per heavy atom. The topological polar surface area (TPSA) is 62.3 Å².